The number of piperazine rings is 1. The van der Waals surface area contributed by atoms with Crippen LogP contribution in [-0.2, 0) is 0 Å². The lowest BCUT2D eigenvalue weighted by molar-refractivity contribution is 0.0742. The third-order valence-corrected chi connectivity index (χ3v) is 5.14. The summed E-state index contributed by atoms with van der Waals surface area (Å²) < 4.78 is 7.42. The molecule has 0 unspecified atom stereocenters. The Bertz CT molecular complexity index is 1040. The monoisotopic (exact) mass is 406 g/mol. The molecule has 30 heavy (non-hydrogen) atoms. The number of aromatic nitrogens is 4. The van der Waals surface area contributed by atoms with Crippen LogP contribution >= 0.6 is 0 Å². The van der Waals surface area contributed by atoms with Crippen LogP contribution in [0.4, 0.5) is 5.82 Å². The SMILES string of the molecule is CCOc1ccccc1C(=O)N1CCN(c2cncc(-n3nc(C)cc3C)n2)CC1. The first-order chi connectivity index (χ1) is 14.6. The molecular formula is C22H26N6O2. The van der Waals surface area contributed by atoms with Crippen molar-refractivity contribution in [3.8, 4) is 11.6 Å². The molecule has 1 aliphatic heterocycles. The van der Waals surface area contributed by atoms with Crippen molar-refractivity contribution >= 4 is 11.7 Å². The Labute approximate surface area is 176 Å². The first-order valence-corrected chi connectivity index (χ1v) is 10.2. The standard InChI is InChI=1S/C22H26N6O2/c1-4-30-19-8-6-5-7-18(19)22(29)27-11-9-26(10-12-27)20-14-23-15-21(24-20)28-17(3)13-16(2)25-28/h5-8,13-15H,4,9-12H2,1-3H3. The van der Waals surface area contributed by atoms with Gasteiger partial charge < -0.3 is 14.5 Å². The number of aryl methyl sites for hydroxylation is 2. The van der Waals surface area contributed by atoms with Gasteiger partial charge in [-0.3, -0.25) is 9.78 Å². The van der Waals surface area contributed by atoms with Crippen molar-refractivity contribution in [2.75, 3.05) is 37.7 Å². The molecule has 0 atom stereocenters. The predicted octanol–water partition coefficient (Wildman–Crippen LogP) is 2.64. The van der Waals surface area contributed by atoms with Crippen molar-refractivity contribution in [3.05, 3.63) is 59.7 Å². The smallest absolute Gasteiger partial charge is 0.257 e. The minimum absolute atomic E-state index is 0.00109. The molecule has 1 amide bonds. The Morgan fingerprint density at radius 1 is 1.07 bits per heavy atom. The normalized spacial score (nSPS) is 14.1. The van der Waals surface area contributed by atoms with E-state index in [4.69, 9.17) is 9.72 Å². The Balaban J connectivity index is 1.46. The minimum Gasteiger partial charge on any atom is -0.493 e. The largest absolute Gasteiger partial charge is 0.493 e. The Hall–Kier alpha value is -3.42. The van der Waals surface area contributed by atoms with Gasteiger partial charge in [0.15, 0.2) is 5.82 Å². The van der Waals surface area contributed by atoms with Gasteiger partial charge in [0.25, 0.3) is 5.91 Å². The number of benzene rings is 1. The molecule has 1 aromatic carbocycles. The fraction of sp³-hybridized carbons (Fsp3) is 0.364. The molecule has 0 spiro atoms. The molecule has 156 valence electrons. The number of rotatable bonds is 5. The molecular weight excluding hydrogens is 380 g/mol. The lowest BCUT2D eigenvalue weighted by atomic mass is 10.1. The minimum atomic E-state index is 0.00109. The molecule has 0 bridgehead atoms. The van der Waals surface area contributed by atoms with E-state index in [-0.39, 0.29) is 5.91 Å². The van der Waals surface area contributed by atoms with Crippen LogP contribution in [-0.4, -0.2) is 63.3 Å². The van der Waals surface area contributed by atoms with Gasteiger partial charge in [-0.15, -0.1) is 0 Å². The van der Waals surface area contributed by atoms with Gasteiger partial charge in [0, 0.05) is 31.9 Å². The van der Waals surface area contributed by atoms with E-state index < -0.39 is 0 Å². The van der Waals surface area contributed by atoms with Crippen LogP contribution in [0.3, 0.4) is 0 Å². The molecule has 1 aliphatic rings. The van der Waals surface area contributed by atoms with Gasteiger partial charge in [0.05, 0.1) is 30.3 Å². The highest BCUT2D eigenvalue weighted by Gasteiger charge is 2.25. The Morgan fingerprint density at radius 3 is 2.50 bits per heavy atom. The first-order valence-electron chi connectivity index (χ1n) is 10.2. The summed E-state index contributed by atoms with van der Waals surface area (Å²) in [6, 6.07) is 9.43. The summed E-state index contributed by atoms with van der Waals surface area (Å²) in [5.41, 5.74) is 2.57. The third-order valence-electron chi connectivity index (χ3n) is 5.14. The Kier molecular flexibility index (Phi) is 5.65. The van der Waals surface area contributed by atoms with Gasteiger partial charge in [-0.1, -0.05) is 12.1 Å². The van der Waals surface area contributed by atoms with Gasteiger partial charge in [-0.2, -0.15) is 5.10 Å². The van der Waals surface area contributed by atoms with Crippen LogP contribution < -0.4 is 9.64 Å². The number of para-hydroxylation sites is 1. The summed E-state index contributed by atoms with van der Waals surface area (Å²) in [5.74, 6) is 2.13. The van der Waals surface area contributed by atoms with E-state index in [0.29, 0.717) is 49.9 Å². The van der Waals surface area contributed by atoms with Crippen molar-refractivity contribution in [1.82, 2.24) is 24.6 Å². The second-order valence-corrected chi connectivity index (χ2v) is 7.28. The van der Waals surface area contributed by atoms with Crippen molar-refractivity contribution in [2.45, 2.75) is 20.8 Å². The topological polar surface area (TPSA) is 76.4 Å². The summed E-state index contributed by atoms with van der Waals surface area (Å²) in [4.78, 5) is 26.1. The number of ether oxygens (including phenoxy) is 1. The number of anilines is 1. The molecule has 0 radical (unpaired) electrons. The first kappa shape index (κ1) is 19.9. The molecule has 0 saturated carbocycles. The van der Waals surface area contributed by atoms with E-state index in [0.717, 1.165) is 17.2 Å². The highest BCUT2D eigenvalue weighted by atomic mass is 16.5. The van der Waals surface area contributed by atoms with Crippen LogP contribution in [0.25, 0.3) is 5.82 Å². The van der Waals surface area contributed by atoms with E-state index in [1.165, 1.54) is 0 Å². The van der Waals surface area contributed by atoms with E-state index in [2.05, 4.69) is 15.0 Å². The maximum atomic E-state index is 13.0. The fourth-order valence-electron chi connectivity index (χ4n) is 3.69. The molecule has 0 N–H and O–H groups in total. The van der Waals surface area contributed by atoms with Crippen LogP contribution in [0, 0.1) is 13.8 Å². The highest BCUT2D eigenvalue weighted by molar-refractivity contribution is 5.97. The lowest BCUT2D eigenvalue weighted by Crippen LogP contribution is -2.49. The summed E-state index contributed by atoms with van der Waals surface area (Å²) in [6.07, 6.45) is 3.48. The van der Waals surface area contributed by atoms with E-state index in [1.54, 1.807) is 17.1 Å². The number of hydrogen-bond acceptors (Lipinski definition) is 6. The number of carbonyl (C=O) groups excluding carboxylic acids is 1. The molecule has 0 aliphatic carbocycles. The van der Waals surface area contributed by atoms with Gasteiger partial charge in [0.1, 0.15) is 11.6 Å². The average molecular weight is 406 g/mol. The van der Waals surface area contributed by atoms with E-state index in [1.807, 2.05) is 56.0 Å². The molecule has 8 nitrogen and oxygen atoms in total. The lowest BCUT2D eigenvalue weighted by Gasteiger charge is -2.35. The zero-order valence-corrected chi connectivity index (χ0v) is 17.6. The van der Waals surface area contributed by atoms with Crippen LogP contribution in [0.15, 0.2) is 42.7 Å². The van der Waals surface area contributed by atoms with Crippen molar-refractivity contribution in [2.24, 2.45) is 0 Å². The molecule has 8 heteroatoms. The number of nitrogens with zero attached hydrogens (tertiary/aromatic N) is 6. The number of carbonyl (C=O) groups is 1. The van der Waals surface area contributed by atoms with E-state index >= 15 is 0 Å². The van der Waals surface area contributed by atoms with Gasteiger partial charge in [0.2, 0.25) is 0 Å². The summed E-state index contributed by atoms with van der Waals surface area (Å²) >= 11 is 0. The number of hydrogen-bond donors (Lipinski definition) is 0. The average Bonchev–Trinajstić information content (AvgIpc) is 3.12. The second kappa shape index (κ2) is 8.52. The summed E-state index contributed by atoms with van der Waals surface area (Å²) in [6.45, 7) is 9.02. The maximum Gasteiger partial charge on any atom is 0.257 e. The zero-order valence-electron chi connectivity index (χ0n) is 17.6. The van der Waals surface area contributed by atoms with Crippen molar-refractivity contribution in [3.63, 3.8) is 0 Å². The molecule has 1 saturated heterocycles. The molecule has 3 aromatic rings. The third kappa shape index (κ3) is 3.98. The molecule has 4 rings (SSSR count). The van der Waals surface area contributed by atoms with Crippen molar-refractivity contribution < 1.29 is 9.53 Å². The second-order valence-electron chi connectivity index (χ2n) is 7.28. The van der Waals surface area contributed by atoms with Gasteiger partial charge >= 0.3 is 0 Å². The molecule has 1 fully saturated rings. The summed E-state index contributed by atoms with van der Waals surface area (Å²) in [7, 11) is 0. The highest BCUT2D eigenvalue weighted by Crippen LogP contribution is 2.22. The van der Waals surface area contributed by atoms with Gasteiger partial charge in [-0.05, 0) is 39.0 Å². The van der Waals surface area contributed by atoms with Crippen molar-refractivity contribution in [1.29, 1.82) is 0 Å². The van der Waals surface area contributed by atoms with Crippen LogP contribution in [0.5, 0.6) is 5.75 Å². The van der Waals surface area contributed by atoms with Gasteiger partial charge in [-0.25, -0.2) is 9.67 Å². The maximum absolute atomic E-state index is 13.0. The predicted molar refractivity (Wildman–Crippen MR) is 114 cm³/mol. The quantitative estimate of drug-likeness (QED) is 0.648. The summed E-state index contributed by atoms with van der Waals surface area (Å²) in [5, 5.41) is 4.49. The molecule has 3 heterocycles. The Morgan fingerprint density at radius 2 is 1.80 bits per heavy atom. The van der Waals surface area contributed by atoms with Crippen LogP contribution in [0.2, 0.25) is 0 Å². The fourth-order valence-corrected chi connectivity index (χ4v) is 3.69. The zero-order chi connectivity index (χ0) is 21.1. The molecule has 2 aromatic heterocycles. The number of amides is 1. The van der Waals surface area contributed by atoms with Crippen LogP contribution in [0.1, 0.15) is 28.7 Å². The van der Waals surface area contributed by atoms with E-state index in [9.17, 15) is 4.79 Å².